The summed E-state index contributed by atoms with van der Waals surface area (Å²) in [5.74, 6) is 0.710. The molecule has 1 amide bonds. The number of rotatable bonds is 6. The fourth-order valence-electron chi connectivity index (χ4n) is 2.50. The number of hydrogen-bond acceptors (Lipinski definition) is 3. The minimum atomic E-state index is -0.559. The molecule has 0 spiro atoms. The van der Waals surface area contributed by atoms with Gasteiger partial charge in [0.05, 0.1) is 6.04 Å². The lowest BCUT2D eigenvalue weighted by atomic mass is 10.1. The first-order valence-electron chi connectivity index (χ1n) is 7.30. The molecule has 8 heteroatoms. The molecule has 0 unspecified atom stereocenters. The molecular formula is C16H21Cl2N5O. The summed E-state index contributed by atoms with van der Waals surface area (Å²) in [5.41, 5.74) is 8.13. The maximum atomic E-state index is 12.1. The molecule has 2 heterocycles. The molecule has 130 valence electrons. The van der Waals surface area contributed by atoms with Gasteiger partial charge in [0, 0.05) is 42.5 Å². The molecule has 0 saturated heterocycles. The zero-order valence-corrected chi connectivity index (χ0v) is 14.6. The summed E-state index contributed by atoms with van der Waals surface area (Å²) in [6.07, 6.45) is 6.55. The first-order valence-corrected chi connectivity index (χ1v) is 7.30. The van der Waals surface area contributed by atoms with Gasteiger partial charge >= 0.3 is 0 Å². The van der Waals surface area contributed by atoms with Gasteiger partial charge in [0.2, 0.25) is 5.91 Å². The van der Waals surface area contributed by atoms with E-state index in [-0.39, 0.29) is 30.7 Å². The Labute approximate surface area is 152 Å². The molecular weight excluding hydrogens is 349 g/mol. The Hall–Kier alpha value is -2.02. The van der Waals surface area contributed by atoms with Crippen LogP contribution in [0, 0.1) is 0 Å². The van der Waals surface area contributed by atoms with Gasteiger partial charge in [-0.25, -0.2) is 4.98 Å². The second-order valence-corrected chi connectivity index (χ2v) is 5.25. The van der Waals surface area contributed by atoms with Crippen LogP contribution in [0.5, 0.6) is 0 Å². The van der Waals surface area contributed by atoms with Crippen molar-refractivity contribution >= 4 is 41.6 Å². The van der Waals surface area contributed by atoms with Crippen LogP contribution in [0.15, 0.2) is 42.9 Å². The number of hydrogen-bond donors (Lipinski definition) is 4. The van der Waals surface area contributed by atoms with E-state index in [2.05, 4.69) is 20.3 Å². The fourth-order valence-corrected chi connectivity index (χ4v) is 2.50. The molecule has 1 aromatic carbocycles. The summed E-state index contributed by atoms with van der Waals surface area (Å²) in [7, 11) is 0. The van der Waals surface area contributed by atoms with Gasteiger partial charge in [0.25, 0.3) is 0 Å². The van der Waals surface area contributed by atoms with E-state index in [1.54, 1.807) is 12.4 Å². The van der Waals surface area contributed by atoms with Crippen molar-refractivity contribution in [2.75, 3.05) is 6.54 Å². The molecule has 0 fully saturated rings. The maximum absolute atomic E-state index is 12.1. The molecule has 2 aromatic heterocycles. The number of H-pyrrole nitrogens is 2. The van der Waals surface area contributed by atoms with Crippen LogP contribution in [-0.2, 0) is 17.6 Å². The predicted octanol–water partition coefficient (Wildman–Crippen LogP) is 1.96. The number of amides is 1. The van der Waals surface area contributed by atoms with Crippen molar-refractivity contribution in [2.24, 2.45) is 5.73 Å². The molecule has 24 heavy (non-hydrogen) atoms. The first-order chi connectivity index (χ1) is 10.7. The zero-order chi connectivity index (χ0) is 15.4. The number of halogens is 2. The van der Waals surface area contributed by atoms with Crippen molar-refractivity contribution in [1.29, 1.82) is 0 Å². The van der Waals surface area contributed by atoms with Crippen LogP contribution in [0.4, 0.5) is 0 Å². The smallest absolute Gasteiger partial charge is 0.237 e. The standard InChI is InChI=1S/C16H19N5O.2ClH/c17-13(16(22)20-6-5-15-18-7-8-19-15)9-11-10-21-14-4-2-1-3-12(11)14;;/h1-4,7-8,10,13,21H,5-6,9,17H2,(H,18,19)(H,20,22);2*1H/t13-;;/m0../s1. The third-order valence-electron chi connectivity index (χ3n) is 3.67. The Kier molecular flexibility index (Phi) is 7.78. The van der Waals surface area contributed by atoms with Gasteiger partial charge < -0.3 is 21.0 Å². The Morgan fingerprint density at radius 3 is 2.79 bits per heavy atom. The fraction of sp³-hybridized carbons (Fsp3) is 0.250. The van der Waals surface area contributed by atoms with Crippen LogP contribution < -0.4 is 11.1 Å². The topological polar surface area (TPSA) is 99.6 Å². The minimum absolute atomic E-state index is 0. The molecule has 0 radical (unpaired) electrons. The highest BCUT2D eigenvalue weighted by atomic mass is 35.5. The van der Waals surface area contributed by atoms with Crippen LogP contribution in [0.25, 0.3) is 10.9 Å². The van der Waals surface area contributed by atoms with E-state index in [1.165, 1.54) is 0 Å². The van der Waals surface area contributed by atoms with E-state index in [0.29, 0.717) is 19.4 Å². The number of para-hydroxylation sites is 1. The van der Waals surface area contributed by atoms with Crippen molar-refractivity contribution in [3.8, 4) is 0 Å². The number of fused-ring (bicyclic) bond motifs is 1. The van der Waals surface area contributed by atoms with Gasteiger partial charge in [-0.05, 0) is 18.1 Å². The molecule has 0 bridgehead atoms. The van der Waals surface area contributed by atoms with E-state index in [9.17, 15) is 4.79 Å². The van der Waals surface area contributed by atoms with E-state index in [1.807, 2.05) is 30.5 Å². The van der Waals surface area contributed by atoms with E-state index in [4.69, 9.17) is 5.73 Å². The average molecular weight is 370 g/mol. The van der Waals surface area contributed by atoms with Crippen molar-refractivity contribution in [1.82, 2.24) is 20.3 Å². The minimum Gasteiger partial charge on any atom is -0.361 e. The molecule has 3 rings (SSSR count). The lowest BCUT2D eigenvalue weighted by Crippen LogP contribution is -2.42. The number of benzene rings is 1. The number of carbonyl (C=O) groups excluding carboxylic acids is 1. The molecule has 0 aliphatic heterocycles. The second kappa shape index (κ2) is 9.32. The summed E-state index contributed by atoms with van der Waals surface area (Å²) < 4.78 is 0. The van der Waals surface area contributed by atoms with E-state index < -0.39 is 6.04 Å². The molecule has 1 atom stereocenters. The monoisotopic (exact) mass is 369 g/mol. The lowest BCUT2D eigenvalue weighted by molar-refractivity contribution is -0.122. The quantitative estimate of drug-likeness (QED) is 0.534. The van der Waals surface area contributed by atoms with Crippen LogP contribution in [-0.4, -0.2) is 33.4 Å². The lowest BCUT2D eigenvalue weighted by Gasteiger charge is -2.11. The highest BCUT2D eigenvalue weighted by Gasteiger charge is 2.15. The highest BCUT2D eigenvalue weighted by Crippen LogP contribution is 2.18. The van der Waals surface area contributed by atoms with Gasteiger partial charge in [-0.2, -0.15) is 0 Å². The molecule has 0 aliphatic carbocycles. The summed E-state index contributed by atoms with van der Waals surface area (Å²) in [6.45, 7) is 0.522. The summed E-state index contributed by atoms with van der Waals surface area (Å²) in [5, 5.41) is 3.96. The van der Waals surface area contributed by atoms with Gasteiger partial charge in [-0.1, -0.05) is 18.2 Å². The number of nitrogens with one attached hydrogen (secondary N) is 3. The molecule has 3 aromatic rings. The van der Waals surface area contributed by atoms with Gasteiger partial charge in [-0.15, -0.1) is 24.8 Å². The Morgan fingerprint density at radius 2 is 2.04 bits per heavy atom. The van der Waals surface area contributed by atoms with E-state index in [0.717, 1.165) is 22.3 Å². The van der Waals surface area contributed by atoms with Crippen LogP contribution in [0.3, 0.4) is 0 Å². The molecule has 0 aliphatic rings. The van der Waals surface area contributed by atoms with Crippen LogP contribution in [0.1, 0.15) is 11.4 Å². The van der Waals surface area contributed by atoms with Crippen LogP contribution in [0.2, 0.25) is 0 Å². The maximum Gasteiger partial charge on any atom is 0.237 e. The largest absolute Gasteiger partial charge is 0.361 e. The van der Waals surface area contributed by atoms with Gasteiger partial charge in [0.1, 0.15) is 5.82 Å². The SMILES string of the molecule is Cl.Cl.N[C@@H](Cc1c[nH]c2ccccc12)C(=O)NCCc1ncc[nH]1. The number of aromatic nitrogens is 3. The Balaban J connectivity index is 0.00000144. The van der Waals surface area contributed by atoms with Gasteiger partial charge in [-0.3, -0.25) is 4.79 Å². The second-order valence-electron chi connectivity index (χ2n) is 5.25. The summed E-state index contributed by atoms with van der Waals surface area (Å²) >= 11 is 0. The zero-order valence-electron chi connectivity index (χ0n) is 13.0. The molecule has 5 N–H and O–H groups in total. The Bertz CT molecular complexity index is 757. The number of nitrogens with two attached hydrogens (primary N) is 1. The number of aromatic amines is 2. The summed E-state index contributed by atoms with van der Waals surface area (Å²) in [6, 6.07) is 7.44. The number of nitrogens with zero attached hydrogens (tertiary/aromatic N) is 1. The van der Waals surface area contributed by atoms with Crippen molar-refractivity contribution in [3.05, 3.63) is 54.2 Å². The van der Waals surface area contributed by atoms with Crippen molar-refractivity contribution in [3.63, 3.8) is 0 Å². The van der Waals surface area contributed by atoms with E-state index >= 15 is 0 Å². The number of carbonyl (C=O) groups is 1. The third-order valence-corrected chi connectivity index (χ3v) is 3.67. The average Bonchev–Trinajstić information content (AvgIpc) is 3.17. The predicted molar refractivity (Wildman–Crippen MR) is 99.8 cm³/mol. The summed E-state index contributed by atoms with van der Waals surface area (Å²) in [4.78, 5) is 22.4. The van der Waals surface area contributed by atoms with Crippen molar-refractivity contribution in [2.45, 2.75) is 18.9 Å². The molecule has 0 saturated carbocycles. The van der Waals surface area contributed by atoms with Crippen molar-refractivity contribution < 1.29 is 4.79 Å². The molecule has 6 nitrogen and oxygen atoms in total. The Morgan fingerprint density at radius 1 is 1.25 bits per heavy atom. The third kappa shape index (κ3) is 4.74. The number of imidazole rings is 1. The highest BCUT2D eigenvalue weighted by molar-refractivity contribution is 5.86. The normalized spacial score (nSPS) is 11.4. The van der Waals surface area contributed by atoms with Crippen LogP contribution >= 0.6 is 24.8 Å². The first kappa shape index (κ1) is 20.0. The van der Waals surface area contributed by atoms with Gasteiger partial charge in [0.15, 0.2) is 0 Å².